The standard InChI is InChI=1S/C27H28O3/c1-27(21-5-3-2-4-6-21,22-9-13-24(14-10-22)28-17-20-7-8-20)23-11-15-25(16-12-23)29-18-26-19-30-26/h2-6,9-16,20,26H,7-8,17-19H2,1H3. The molecular formula is C27H28O3. The zero-order chi connectivity index (χ0) is 20.4. The van der Waals surface area contributed by atoms with Crippen molar-refractivity contribution in [1.29, 1.82) is 0 Å². The summed E-state index contributed by atoms with van der Waals surface area (Å²) in [4.78, 5) is 0. The molecule has 1 saturated carbocycles. The van der Waals surface area contributed by atoms with E-state index in [-0.39, 0.29) is 11.5 Å². The second kappa shape index (κ2) is 8.16. The summed E-state index contributed by atoms with van der Waals surface area (Å²) in [5.74, 6) is 2.59. The third-order valence-corrected chi connectivity index (χ3v) is 6.24. The van der Waals surface area contributed by atoms with Crippen LogP contribution in [0.3, 0.4) is 0 Å². The van der Waals surface area contributed by atoms with Crippen molar-refractivity contribution in [3.63, 3.8) is 0 Å². The van der Waals surface area contributed by atoms with Crippen LogP contribution in [0, 0.1) is 5.92 Å². The first-order valence-electron chi connectivity index (χ1n) is 10.9. The van der Waals surface area contributed by atoms with Crippen molar-refractivity contribution >= 4 is 0 Å². The van der Waals surface area contributed by atoms with Crippen LogP contribution in [0.4, 0.5) is 0 Å². The quantitative estimate of drug-likeness (QED) is 0.346. The Bertz CT molecular complexity index is 896. The molecule has 0 aromatic heterocycles. The minimum Gasteiger partial charge on any atom is -0.493 e. The predicted octanol–water partition coefficient (Wildman–Crippen LogP) is 5.61. The highest BCUT2D eigenvalue weighted by atomic mass is 16.6. The van der Waals surface area contributed by atoms with Gasteiger partial charge < -0.3 is 14.2 Å². The van der Waals surface area contributed by atoms with E-state index in [2.05, 4.69) is 85.8 Å². The van der Waals surface area contributed by atoms with Crippen LogP contribution in [0.15, 0.2) is 78.9 Å². The van der Waals surface area contributed by atoms with Gasteiger partial charge in [-0.05, 0) is 66.6 Å². The lowest BCUT2D eigenvalue weighted by Crippen LogP contribution is -2.25. The van der Waals surface area contributed by atoms with Crippen LogP contribution >= 0.6 is 0 Å². The van der Waals surface area contributed by atoms with E-state index in [9.17, 15) is 0 Å². The Labute approximate surface area is 178 Å². The van der Waals surface area contributed by atoms with Crippen molar-refractivity contribution in [2.75, 3.05) is 19.8 Å². The van der Waals surface area contributed by atoms with Gasteiger partial charge >= 0.3 is 0 Å². The average molecular weight is 401 g/mol. The maximum absolute atomic E-state index is 5.95. The van der Waals surface area contributed by atoms with Crippen molar-refractivity contribution in [2.45, 2.75) is 31.3 Å². The molecule has 1 aliphatic heterocycles. The molecule has 3 heteroatoms. The molecule has 0 radical (unpaired) electrons. The van der Waals surface area contributed by atoms with Crippen LogP contribution < -0.4 is 9.47 Å². The molecule has 154 valence electrons. The molecule has 3 nitrogen and oxygen atoms in total. The van der Waals surface area contributed by atoms with Gasteiger partial charge in [0.05, 0.1) is 13.2 Å². The summed E-state index contributed by atoms with van der Waals surface area (Å²) < 4.78 is 17.0. The lowest BCUT2D eigenvalue weighted by atomic mass is 9.71. The second-order valence-corrected chi connectivity index (χ2v) is 8.56. The lowest BCUT2D eigenvalue weighted by Gasteiger charge is -2.32. The minimum atomic E-state index is -0.269. The molecule has 2 atom stereocenters. The Morgan fingerprint density at radius 1 is 0.733 bits per heavy atom. The lowest BCUT2D eigenvalue weighted by molar-refractivity contribution is 0.263. The molecule has 30 heavy (non-hydrogen) atoms. The van der Waals surface area contributed by atoms with Crippen molar-refractivity contribution in [2.24, 2.45) is 5.92 Å². The van der Waals surface area contributed by atoms with Gasteiger partial charge in [-0.1, -0.05) is 54.6 Å². The number of hydrogen-bond acceptors (Lipinski definition) is 3. The zero-order valence-electron chi connectivity index (χ0n) is 17.4. The molecule has 1 saturated heterocycles. The van der Waals surface area contributed by atoms with E-state index in [0.717, 1.165) is 30.6 Å². The molecule has 0 N–H and O–H groups in total. The Morgan fingerprint density at radius 2 is 1.23 bits per heavy atom. The highest BCUT2D eigenvalue weighted by Crippen LogP contribution is 2.40. The fraction of sp³-hybridized carbons (Fsp3) is 0.333. The summed E-state index contributed by atoms with van der Waals surface area (Å²) in [6, 6.07) is 27.8. The molecule has 1 aliphatic carbocycles. The van der Waals surface area contributed by atoms with Gasteiger partial charge in [-0.2, -0.15) is 0 Å². The van der Waals surface area contributed by atoms with Crippen LogP contribution in [-0.2, 0) is 10.2 Å². The van der Waals surface area contributed by atoms with Crippen molar-refractivity contribution in [3.8, 4) is 11.5 Å². The van der Waals surface area contributed by atoms with E-state index < -0.39 is 0 Å². The maximum atomic E-state index is 5.95. The Kier molecular flexibility index (Phi) is 5.22. The summed E-state index contributed by atoms with van der Waals surface area (Å²) in [6.45, 7) is 4.56. The fourth-order valence-corrected chi connectivity index (χ4v) is 3.89. The average Bonchev–Trinajstić information content (AvgIpc) is 3.72. The van der Waals surface area contributed by atoms with E-state index in [1.165, 1.54) is 29.5 Å². The molecule has 5 rings (SSSR count). The summed E-state index contributed by atoms with van der Waals surface area (Å²) in [5, 5.41) is 0. The van der Waals surface area contributed by atoms with Crippen LogP contribution in [0.2, 0.25) is 0 Å². The summed E-state index contributed by atoms with van der Waals surface area (Å²) in [6.07, 6.45) is 2.87. The molecule has 2 unspecified atom stereocenters. The Balaban J connectivity index is 1.43. The zero-order valence-corrected chi connectivity index (χ0v) is 17.4. The minimum absolute atomic E-state index is 0.264. The van der Waals surface area contributed by atoms with Gasteiger partial charge in [0, 0.05) is 5.41 Å². The molecular weight excluding hydrogens is 372 g/mol. The molecule has 2 fully saturated rings. The van der Waals surface area contributed by atoms with Gasteiger partial charge in [-0.15, -0.1) is 0 Å². The number of hydrogen-bond donors (Lipinski definition) is 0. The van der Waals surface area contributed by atoms with Gasteiger partial charge in [0.1, 0.15) is 24.2 Å². The summed E-state index contributed by atoms with van der Waals surface area (Å²) >= 11 is 0. The molecule has 0 amide bonds. The van der Waals surface area contributed by atoms with Gasteiger partial charge in [0.25, 0.3) is 0 Å². The Hall–Kier alpha value is -2.78. The van der Waals surface area contributed by atoms with Crippen molar-refractivity contribution in [1.82, 2.24) is 0 Å². The largest absolute Gasteiger partial charge is 0.493 e. The molecule has 3 aromatic carbocycles. The van der Waals surface area contributed by atoms with Crippen LogP contribution in [0.1, 0.15) is 36.5 Å². The van der Waals surface area contributed by atoms with E-state index in [0.29, 0.717) is 6.61 Å². The Morgan fingerprint density at radius 3 is 1.73 bits per heavy atom. The van der Waals surface area contributed by atoms with Gasteiger partial charge in [0.2, 0.25) is 0 Å². The van der Waals surface area contributed by atoms with E-state index in [4.69, 9.17) is 14.2 Å². The summed E-state index contributed by atoms with van der Waals surface area (Å²) in [7, 11) is 0. The third-order valence-electron chi connectivity index (χ3n) is 6.24. The molecule has 0 bridgehead atoms. The maximum Gasteiger partial charge on any atom is 0.119 e. The van der Waals surface area contributed by atoms with E-state index in [1.807, 2.05) is 0 Å². The van der Waals surface area contributed by atoms with Gasteiger partial charge in [-0.3, -0.25) is 0 Å². The van der Waals surface area contributed by atoms with Crippen molar-refractivity contribution < 1.29 is 14.2 Å². The summed E-state index contributed by atoms with van der Waals surface area (Å²) in [5.41, 5.74) is 3.47. The van der Waals surface area contributed by atoms with Crippen molar-refractivity contribution in [3.05, 3.63) is 95.6 Å². The number of rotatable bonds is 9. The third kappa shape index (κ3) is 4.22. The first-order valence-corrected chi connectivity index (χ1v) is 10.9. The smallest absolute Gasteiger partial charge is 0.119 e. The first kappa shape index (κ1) is 19.2. The molecule has 3 aromatic rings. The van der Waals surface area contributed by atoms with Gasteiger partial charge in [-0.25, -0.2) is 0 Å². The molecule has 0 spiro atoms. The number of epoxide rings is 1. The van der Waals surface area contributed by atoms with Crippen LogP contribution in [-0.4, -0.2) is 25.9 Å². The monoisotopic (exact) mass is 400 g/mol. The van der Waals surface area contributed by atoms with Crippen LogP contribution in [0.25, 0.3) is 0 Å². The van der Waals surface area contributed by atoms with E-state index in [1.54, 1.807) is 0 Å². The predicted molar refractivity (Wildman–Crippen MR) is 118 cm³/mol. The number of ether oxygens (including phenoxy) is 3. The highest BCUT2D eigenvalue weighted by molar-refractivity contribution is 5.51. The number of benzene rings is 3. The van der Waals surface area contributed by atoms with E-state index >= 15 is 0 Å². The SMILES string of the molecule is CC(c1ccccc1)(c1ccc(OCC2CC2)cc1)c1ccc(OCC2CO2)cc1. The molecule has 1 heterocycles. The normalized spacial score (nSPS) is 19.7. The van der Waals surface area contributed by atoms with Crippen LogP contribution in [0.5, 0.6) is 11.5 Å². The topological polar surface area (TPSA) is 31.0 Å². The first-order chi connectivity index (χ1) is 14.7. The molecule has 2 aliphatic rings. The highest BCUT2D eigenvalue weighted by Gasteiger charge is 2.31. The van der Waals surface area contributed by atoms with Gasteiger partial charge in [0.15, 0.2) is 0 Å². The second-order valence-electron chi connectivity index (χ2n) is 8.56. The fourth-order valence-electron chi connectivity index (χ4n) is 3.89.